The summed E-state index contributed by atoms with van der Waals surface area (Å²) >= 11 is 0. The summed E-state index contributed by atoms with van der Waals surface area (Å²) in [5.74, 6) is 0.584. The minimum absolute atomic E-state index is 0.0512. The number of rotatable bonds is 11. The molecule has 3 aromatic carbocycles. The smallest absolute Gasteiger partial charge is 0.203 e. The fourth-order valence-electron chi connectivity index (χ4n) is 3.57. The molecule has 0 heterocycles. The molecule has 0 radical (unpaired) electrons. The molecule has 0 bridgehead atoms. The molecule has 37 heavy (non-hydrogen) atoms. The SMILES string of the molecule is COc1ccc(C(=O)C=CNc2cc(C=Cc3cc(OC)c(OC)c(OC)c3)cc(O)c2OC)cc1F. The molecular weight excluding hydrogens is 481 g/mol. The number of ketones is 1. The Morgan fingerprint density at radius 2 is 1.38 bits per heavy atom. The lowest BCUT2D eigenvalue weighted by Gasteiger charge is -2.13. The molecule has 0 saturated heterocycles. The van der Waals surface area contributed by atoms with Crippen molar-refractivity contribution < 1.29 is 38.0 Å². The fourth-order valence-corrected chi connectivity index (χ4v) is 3.57. The molecule has 2 N–H and O–H groups in total. The van der Waals surface area contributed by atoms with E-state index in [1.165, 1.54) is 66.0 Å². The van der Waals surface area contributed by atoms with Crippen LogP contribution in [0.2, 0.25) is 0 Å². The first-order chi connectivity index (χ1) is 17.8. The maximum Gasteiger partial charge on any atom is 0.203 e. The molecule has 8 nitrogen and oxygen atoms in total. The van der Waals surface area contributed by atoms with Crippen LogP contribution in [0.4, 0.5) is 10.1 Å². The van der Waals surface area contributed by atoms with Crippen LogP contribution in [0, 0.1) is 5.82 Å². The van der Waals surface area contributed by atoms with Crippen molar-refractivity contribution in [2.75, 3.05) is 40.9 Å². The molecule has 3 aromatic rings. The van der Waals surface area contributed by atoms with Crippen LogP contribution in [0.15, 0.2) is 54.7 Å². The molecule has 0 spiro atoms. The van der Waals surface area contributed by atoms with Crippen molar-refractivity contribution >= 4 is 23.6 Å². The second kappa shape index (κ2) is 12.3. The largest absolute Gasteiger partial charge is 0.504 e. The number of carbonyl (C=O) groups excluding carboxylic acids is 1. The van der Waals surface area contributed by atoms with Crippen LogP contribution < -0.4 is 29.0 Å². The van der Waals surface area contributed by atoms with Gasteiger partial charge in [0.15, 0.2) is 40.3 Å². The number of carbonyl (C=O) groups is 1. The highest BCUT2D eigenvalue weighted by Gasteiger charge is 2.13. The Morgan fingerprint density at radius 1 is 0.784 bits per heavy atom. The normalized spacial score (nSPS) is 11.0. The first kappa shape index (κ1) is 26.9. The molecular formula is C28H28FNO7. The molecule has 9 heteroatoms. The van der Waals surface area contributed by atoms with Gasteiger partial charge >= 0.3 is 0 Å². The third kappa shape index (κ3) is 6.32. The monoisotopic (exact) mass is 509 g/mol. The van der Waals surface area contributed by atoms with Crippen molar-refractivity contribution in [3.63, 3.8) is 0 Å². The van der Waals surface area contributed by atoms with Crippen LogP contribution in [0.25, 0.3) is 12.2 Å². The minimum atomic E-state index is -0.632. The summed E-state index contributed by atoms with van der Waals surface area (Å²) in [5.41, 5.74) is 1.99. The summed E-state index contributed by atoms with van der Waals surface area (Å²) in [6.07, 6.45) is 6.22. The number of methoxy groups -OCH3 is 5. The third-order valence-corrected chi connectivity index (χ3v) is 5.36. The maximum absolute atomic E-state index is 13.9. The van der Waals surface area contributed by atoms with E-state index in [0.717, 1.165) is 11.6 Å². The third-order valence-electron chi connectivity index (χ3n) is 5.36. The number of hydrogen-bond acceptors (Lipinski definition) is 8. The predicted molar refractivity (Wildman–Crippen MR) is 140 cm³/mol. The first-order valence-electron chi connectivity index (χ1n) is 11.0. The lowest BCUT2D eigenvalue weighted by molar-refractivity contribution is 0.104. The Bertz CT molecular complexity index is 1310. The van der Waals surface area contributed by atoms with Gasteiger partial charge in [-0.15, -0.1) is 0 Å². The number of halogens is 1. The average Bonchev–Trinajstić information content (AvgIpc) is 2.90. The Labute approximate surface area is 214 Å². The second-order valence-electron chi connectivity index (χ2n) is 7.60. The highest BCUT2D eigenvalue weighted by molar-refractivity contribution is 6.04. The summed E-state index contributed by atoms with van der Waals surface area (Å²) in [4.78, 5) is 12.4. The Hall–Kier alpha value is -4.66. The molecule has 0 saturated carbocycles. The number of phenolic OH excluding ortho intramolecular Hbond substituents is 1. The molecule has 0 unspecified atom stereocenters. The van der Waals surface area contributed by atoms with E-state index in [9.17, 15) is 14.3 Å². The van der Waals surface area contributed by atoms with Gasteiger partial charge in [-0.1, -0.05) is 12.2 Å². The van der Waals surface area contributed by atoms with E-state index in [4.69, 9.17) is 23.7 Å². The number of allylic oxidation sites excluding steroid dienone is 1. The van der Waals surface area contributed by atoms with Gasteiger partial charge in [-0.2, -0.15) is 0 Å². The van der Waals surface area contributed by atoms with Gasteiger partial charge < -0.3 is 34.1 Å². The van der Waals surface area contributed by atoms with E-state index in [1.54, 1.807) is 24.3 Å². The van der Waals surface area contributed by atoms with Gasteiger partial charge in [0.1, 0.15) is 0 Å². The first-order valence-corrected chi connectivity index (χ1v) is 11.0. The zero-order valence-corrected chi connectivity index (χ0v) is 21.1. The molecule has 194 valence electrons. The Kier molecular flexibility index (Phi) is 8.99. The van der Waals surface area contributed by atoms with Crippen LogP contribution in [-0.4, -0.2) is 46.4 Å². The highest BCUT2D eigenvalue weighted by Crippen LogP contribution is 2.39. The second-order valence-corrected chi connectivity index (χ2v) is 7.60. The van der Waals surface area contributed by atoms with Crippen LogP contribution in [0.3, 0.4) is 0 Å². The average molecular weight is 510 g/mol. The van der Waals surface area contributed by atoms with E-state index in [1.807, 2.05) is 6.08 Å². The summed E-state index contributed by atoms with van der Waals surface area (Å²) in [7, 11) is 7.37. The molecule has 0 fully saturated rings. The van der Waals surface area contributed by atoms with Crippen molar-refractivity contribution in [3.05, 3.63) is 77.2 Å². The van der Waals surface area contributed by atoms with Gasteiger partial charge in [0.25, 0.3) is 0 Å². The number of anilines is 1. The maximum atomic E-state index is 13.9. The summed E-state index contributed by atoms with van der Waals surface area (Å²) < 4.78 is 40.2. The molecule has 0 aliphatic heterocycles. The highest BCUT2D eigenvalue weighted by atomic mass is 19.1. The molecule has 0 amide bonds. The number of hydrogen-bond donors (Lipinski definition) is 2. The van der Waals surface area contributed by atoms with Crippen LogP contribution in [0.1, 0.15) is 21.5 Å². The van der Waals surface area contributed by atoms with E-state index in [-0.39, 0.29) is 22.8 Å². The van der Waals surface area contributed by atoms with E-state index < -0.39 is 11.6 Å². The molecule has 0 atom stereocenters. The number of nitrogens with one attached hydrogen (secondary N) is 1. The van der Waals surface area contributed by atoms with Gasteiger partial charge in [-0.3, -0.25) is 4.79 Å². The predicted octanol–water partition coefficient (Wildman–Crippen LogP) is 5.55. The van der Waals surface area contributed by atoms with Gasteiger partial charge in [0.2, 0.25) is 5.75 Å². The standard InChI is InChI=1S/C28H28FNO7/c1-33-24-9-8-19(16-20(24)29)22(31)10-11-30-21-12-17(13-23(32)27(21)36-4)6-7-18-14-25(34-2)28(37-5)26(15-18)35-3/h6-16,30,32H,1-5H3. The van der Waals surface area contributed by atoms with Gasteiger partial charge in [0, 0.05) is 17.8 Å². The zero-order chi connectivity index (χ0) is 26.9. The number of phenols is 1. The van der Waals surface area contributed by atoms with E-state index in [2.05, 4.69) is 5.32 Å². The number of aromatic hydroxyl groups is 1. The lowest BCUT2D eigenvalue weighted by Crippen LogP contribution is -1.99. The molecule has 0 aliphatic carbocycles. The van der Waals surface area contributed by atoms with Crippen LogP contribution in [-0.2, 0) is 0 Å². The topological polar surface area (TPSA) is 95.5 Å². The zero-order valence-electron chi connectivity index (χ0n) is 21.1. The Balaban J connectivity index is 1.84. The molecule has 0 aromatic heterocycles. The van der Waals surface area contributed by atoms with Crippen LogP contribution in [0.5, 0.6) is 34.5 Å². The minimum Gasteiger partial charge on any atom is -0.504 e. The van der Waals surface area contributed by atoms with E-state index in [0.29, 0.717) is 28.5 Å². The van der Waals surface area contributed by atoms with Crippen molar-refractivity contribution in [2.24, 2.45) is 0 Å². The van der Waals surface area contributed by atoms with Crippen molar-refractivity contribution in [3.8, 4) is 34.5 Å². The summed E-state index contributed by atoms with van der Waals surface area (Å²) in [6, 6.07) is 10.8. The molecule has 0 aliphatic rings. The van der Waals surface area contributed by atoms with Crippen molar-refractivity contribution in [1.29, 1.82) is 0 Å². The Morgan fingerprint density at radius 3 is 1.92 bits per heavy atom. The molecule has 3 rings (SSSR count). The summed E-state index contributed by atoms with van der Waals surface area (Å²) in [6.45, 7) is 0. The van der Waals surface area contributed by atoms with Crippen molar-refractivity contribution in [2.45, 2.75) is 0 Å². The van der Waals surface area contributed by atoms with E-state index >= 15 is 0 Å². The van der Waals surface area contributed by atoms with Crippen LogP contribution >= 0.6 is 0 Å². The number of ether oxygens (including phenoxy) is 5. The van der Waals surface area contributed by atoms with Crippen molar-refractivity contribution in [1.82, 2.24) is 0 Å². The van der Waals surface area contributed by atoms with Gasteiger partial charge in [-0.05, 0) is 53.6 Å². The number of benzene rings is 3. The lowest BCUT2D eigenvalue weighted by atomic mass is 10.1. The van der Waals surface area contributed by atoms with Gasteiger partial charge in [-0.25, -0.2) is 4.39 Å². The quantitative estimate of drug-likeness (QED) is 0.197. The van der Waals surface area contributed by atoms with Gasteiger partial charge in [0.05, 0.1) is 41.2 Å². The summed E-state index contributed by atoms with van der Waals surface area (Å²) in [5, 5.41) is 13.4. The fraction of sp³-hybridized carbons (Fsp3) is 0.179.